The highest BCUT2D eigenvalue weighted by Crippen LogP contribution is 2.24. The number of nitrogens with one attached hydrogen (secondary N) is 2. The first-order chi connectivity index (χ1) is 10.5. The Morgan fingerprint density at radius 3 is 2.77 bits per heavy atom. The Hall–Kier alpha value is -2.18. The molecule has 1 aromatic heterocycles. The summed E-state index contributed by atoms with van der Waals surface area (Å²) in [6, 6.07) is 8.16. The quantitative estimate of drug-likeness (QED) is 0.639. The normalized spacial score (nSPS) is 13.8. The molecule has 6 nitrogen and oxygen atoms in total. The van der Waals surface area contributed by atoms with Gasteiger partial charge in [-0.05, 0) is 24.6 Å². The van der Waals surface area contributed by atoms with Crippen molar-refractivity contribution in [3.8, 4) is 5.75 Å². The van der Waals surface area contributed by atoms with Crippen molar-refractivity contribution in [3.63, 3.8) is 0 Å². The van der Waals surface area contributed by atoms with Gasteiger partial charge in [-0.2, -0.15) is 0 Å². The van der Waals surface area contributed by atoms with Gasteiger partial charge < -0.3 is 20.5 Å². The molecular weight excluding hydrogens is 282 g/mol. The molecule has 1 heterocycles. The molecule has 22 heavy (non-hydrogen) atoms. The van der Waals surface area contributed by atoms with Gasteiger partial charge in [0.25, 0.3) is 5.56 Å². The van der Waals surface area contributed by atoms with Crippen LogP contribution in [0.15, 0.2) is 35.1 Å². The second kappa shape index (κ2) is 6.72. The van der Waals surface area contributed by atoms with E-state index in [-0.39, 0.29) is 17.9 Å². The van der Waals surface area contributed by atoms with Crippen LogP contribution in [-0.2, 0) is 18.5 Å². The molecule has 1 aromatic carbocycles. The third-order valence-electron chi connectivity index (χ3n) is 3.64. The first-order valence-corrected chi connectivity index (χ1v) is 7.21. The number of aliphatic hydroxyl groups is 1. The third kappa shape index (κ3) is 3.72. The van der Waals surface area contributed by atoms with Gasteiger partial charge in [-0.25, -0.2) is 4.98 Å². The Kier molecular flexibility index (Phi) is 4.95. The van der Waals surface area contributed by atoms with Crippen molar-refractivity contribution < 1.29 is 10.2 Å². The Morgan fingerprint density at radius 2 is 2.14 bits per heavy atom. The fourth-order valence-electron chi connectivity index (χ4n) is 2.21. The lowest BCUT2D eigenvalue weighted by Crippen LogP contribution is -2.42. The fraction of sp³-hybridized carbons (Fsp3) is 0.375. The van der Waals surface area contributed by atoms with Gasteiger partial charge >= 0.3 is 0 Å². The molecule has 0 aliphatic heterocycles. The molecule has 2 rings (SSSR count). The number of phenols is 1. The van der Waals surface area contributed by atoms with Crippen molar-refractivity contribution >= 4 is 0 Å². The largest absolute Gasteiger partial charge is 0.508 e. The van der Waals surface area contributed by atoms with E-state index in [0.717, 1.165) is 5.56 Å². The molecule has 1 unspecified atom stereocenters. The fourth-order valence-corrected chi connectivity index (χ4v) is 2.21. The molecule has 0 bridgehead atoms. The predicted molar refractivity (Wildman–Crippen MR) is 83.6 cm³/mol. The molecule has 6 heteroatoms. The minimum atomic E-state index is -0.741. The van der Waals surface area contributed by atoms with Crippen LogP contribution < -0.4 is 10.9 Å². The van der Waals surface area contributed by atoms with Gasteiger partial charge in [0.1, 0.15) is 11.6 Å². The van der Waals surface area contributed by atoms with E-state index in [9.17, 15) is 15.0 Å². The second-order valence-electron chi connectivity index (χ2n) is 5.43. The van der Waals surface area contributed by atoms with Gasteiger partial charge in [-0.3, -0.25) is 4.79 Å². The number of hydrogen-bond donors (Lipinski definition) is 4. The van der Waals surface area contributed by atoms with Crippen molar-refractivity contribution in [2.24, 2.45) is 0 Å². The van der Waals surface area contributed by atoms with Gasteiger partial charge in [-0.1, -0.05) is 19.1 Å². The monoisotopic (exact) mass is 303 g/mol. The first kappa shape index (κ1) is 16.2. The zero-order valence-corrected chi connectivity index (χ0v) is 12.8. The van der Waals surface area contributed by atoms with Crippen LogP contribution >= 0.6 is 0 Å². The van der Waals surface area contributed by atoms with Crippen molar-refractivity contribution in [1.29, 1.82) is 0 Å². The zero-order valence-electron chi connectivity index (χ0n) is 12.8. The van der Waals surface area contributed by atoms with E-state index >= 15 is 0 Å². The molecule has 1 atom stereocenters. The standard InChI is InChI=1S/C16H21N3O3/c1-3-14-18-12(8-15(22)19-14)9-17-16(2,10-20)11-5-4-6-13(21)7-11/h4-8,17,20-21H,3,9-10H2,1-2H3,(H,18,19,22). The van der Waals surface area contributed by atoms with Crippen LogP contribution in [0.2, 0.25) is 0 Å². The Balaban J connectivity index is 2.20. The lowest BCUT2D eigenvalue weighted by Gasteiger charge is -2.29. The SMILES string of the molecule is CCc1nc(CNC(C)(CO)c2cccc(O)c2)cc(=O)[nH]1. The van der Waals surface area contributed by atoms with Gasteiger partial charge in [-0.15, -0.1) is 0 Å². The maximum absolute atomic E-state index is 11.6. The molecule has 4 N–H and O–H groups in total. The molecular formula is C16H21N3O3. The average Bonchev–Trinajstić information content (AvgIpc) is 2.52. The van der Waals surface area contributed by atoms with E-state index in [0.29, 0.717) is 24.5 Å². The summed E-state index contributed by atoms with van der Waals surface area (Å²) in [5.41, 5.74) is 0.442. The number of aromatic nitrogens is 2. The topological polar surface area (TPSA) is 98.2 Å². The number of benzene rings is 1. The summed E-state index contributed by atoms with van der Waals surface area (Å²) in [5.74, 6) is 0.772. The molecule has 0 fully saturated rings. The van der Waals surface area contributed by atoms with Crippen LogP contribution in [0, 0.1) is 0 Å². The highest BCUT2D eigenvalue weighted by molar-refractivity contribution is 5.32. The smallest absolute Gasteiger partial charge is 0.251 e. The molecule has 2 aromatic rings. The van der Waals surface area contributed by atoms with Crippen LogP contribution in [0.5, 0.6) is 5.75 Å². The van der Waals surface area contributed by atoms with Crippen molar-refractivity contribution in [1.82, 2.24) is 15.3 Å². The molecule has 0 saturated carbocycles. The number of aromatic amines is 1. The predicted octanol–water partition coefficient (Wildman–Crippen LogP) is 1.04. The number of H-pyrrole nitrogens is 1. The maximum Gasteiger partial charge on any atom is 0.251 e. The van der Waals surface area contributed by atoms with E-state index in [2.05, 4.69) is 15.3 Å². The van der Waals surface area contributed by atoms with E-state index in [1.807, 2.05) is 19.9 Å². The summed E-state index contributed by atoms with van der Waals surface area (Å²) in [4.78, 5) is 18.6. The highest BCUT2D eigenvalue weighted by Gasteiger charge is 2.25. The molecule has 0 saturated heterocycles. The highest BCUT2D eigenvalue weighted by atomic mass is 16.3. The van der Waals surface area contributed by atoms with E-state index < -0.39 is 5.54 Å². The molecule has 0 radical (unpaired) electrons. The lowest BCUT2D eigenvalue weighted by atomic mass is 9.92. The zero-order chi connectivity index (χ0) is 16.2. The third-order valence-corrected chi connectivity index (χ3v) is 3.64. The average molecular weight is 303 g/mol. The minimum Gasteiger partial charge on any atom is -0.508 e. The first-order valence-electron chi connectivity index (χ1n) is 7.21. The lowest BCUT2D eigenvalue weighted by molar-refractivity contribution is 0.173. The number of rotatable bonds is 6. The molecule has 118 valence electrons. The molecule has 0 aliphatic rings. The van der Waals surface area contributed by atoms with Gasteiger partial charge in [0.05, 0.1) is 17.8 Å². The maximum atomic E-state index is 11.6. The number of nitrogens with zero attached hydrogens (tertiary/aromatic N) is 1. The van der Waals surface area contributed by atoms with Crippen molar-refractivity contribution in [3.05, 3.63) is 57.8 Å². The molecule has 0 spiro atoms. The Morgan fingerprint density at radius 1 is 1.36 bits per heavy atom. The summed E-state index contributed by atoms with van der Waals surface area (Å²) < 4.78 is 0. The summed E-state index contributed by atoms with van der Waals surface area (Å²) in [5, 5.41) is 22.5. The van der Waals surface area contributed by atoms with Crippen LogP contribution in [0.1, 0.15) is 30.9 Å². The van der Waals surface area contributed by atoms with Crippen molar-refractivity contribution in [2.75, 3.05) is 6.61 Å². The molecule has 0 amide bonds. The number of hydrogen-bond acceptors (Lipinski definition) is 5. The summed E-state index contributed by atoms with van der Waals surface area (Å²) in [7, 11) is 0. The van der Waals surface area contributed by atoms with Crippen molar-refractivity contribution in [2.45, 2.75) is 32.4 Å². The van der Waals surface area contributed by atoms with Crippen LogP contribution in [0.25, 0.3) is 0 Å². The van der Waals surface area contributed by atoms with Gasteiger partial charge in [0.2, 0.25) is 0 Å². The number of aryl methyl sites for hydroxylation is 1. The number of aliphatic hydroxyl groups excluding tert-OH is 1. The van der Waals surface area contributed by atoms with E-state index in [4.69, 9.17) is 0 Å². The van der Waals surface area contributed by atoms with E-state index in [1.165, 1.54) is 6.07 Å². The van der Waals surface area contributed by atoms with E-state index in [1.54, 1.807) is 18.2 Å². The van der Waals surface area contributed by atoms with Crippen LogP contribution in [0.4, 0.5) is 0 Å². The number of aromatic hydroxyl groups is 1. The summed E-state index contributed by atoms with van der Waals surface area (Å²) in [6.45, 7) is 3.93. The Labute approximate surface area is 128 Å². The van der Waals surface area contributed by atoms with Gasteiger partial charge in [0, 0.05) is 19.0 Å². The summed E-state index contributed by atoms with van der Waals surface area (Å²) in [6.07, 6.45) is 0.646. The second-order valence-corrected chi connectivity index (χ2v) is 5.43. The Bertz CT molecular complexity index is 699. The van der Waals surface area contributed by atoms with Crippen LogP contribution in [-0.4, -0.2) is 26.8 Å². The van der Waals surface area contributed by atoms with Crippen LogP contribution in [0.3, 0.4) is 0 Å². The number of phenolic OH excluding ortho intramolecular Hbond substituents is 1. The van der Waals surface area contributed by atoms with Gasteiger partial charge in [0.15, 0.2) is 0 Å². The minimum absolute atomic E-state index is 0.140. The molecule has 0 aliphatic carbocycles. The summed E-state index contributed by atoms with van der Waals surface area (Å²) >= 11 is 0.